The number of hydrogen-bond donors (Lipinski definition) is 1. The lowest BCUT2D eigenvalue weighted by Crippen LogP contribution is -2.51. The van der Waals surface area contributed by atoms with Gasteiger partial charge in [0.2, 0.25) is 5.91 Å². The first-order valence-electron chi connectivity index (χ1n) is 8.89. The summed E-state index contributed by atoms with van der Waals surface area (Å²) >= 11 is 5.75. The molecule has 154 valence electrons. The molecule has 1 saturated heterocycles. The molecule has 1 aromatic rings. The van der Waals surface area contributed by atoms with Crippen LogP contribution < -0.4 is 5.32 Å². The SMILES string of the molecule is CC(C)(C)OC(=O)N1CC[C@@H](OCC=O)[C@H]1C(=O)NCc1cccc(Cl)c1F. The highest BCUT2D eigenvalue weighted by molar-refractivity contribution is 6.30. The number of likely N-dealkylation sites (tertiary alicyclic amines) is 1. The van der Waals surface area contributed by atoms with Gasteiger partial charge in [-0.3, -0.25) is 9.69 Å². The second kappa shape index (κ2) is 9.34. The maximum atomic E-state index is 14.0. The van der Waals surface area contributed by atoms with Gasteiger partial charge in [-0.2, -0.15) is 0 Å². The van der Waals surface area contributed by atoms with E-state index in [1.807, 2.05) is 0 Å². The van der Waals surface area contributed by atoms with Crippen molar-refractivity contribution in [2.45, 2.75) is 51.5 Å². The number of ether oxygens (including phenoxy) is 2. The number of nitrogens with one attached hydrogen (secondary N) is 1. The fourth-order valence-corrected chi connectivity index (χ4v) is 3.10. The summed E-state index contributed by atoms with van der Waals surface area (Å²) in [7, 11) is 0. The van der Waals surface area contributed by atoms with Crippen LogP contribution in [0.2, 0.25) is 5.02 Å². The van der Waals surface area contributed by atoms with E-state index >= 15 is 0 Å². The molecule has 0 bridgehead atoms. The van der Waals surface area contributed by atoms with E-state index < -0.39 is 35.6 Å². The van der Waals surface area contributed by atoms with Gasteiger partial charge in [0.05, 0.1) is 11.1 Å². The molecule has 0 unspecified atom stereocenters. The Kier molecular flexibility index (Phi) is 7.37. The highest BCUT2D eigenvalue weighted by Gasteiger charge is 2.44. The molecule has 0 aliphatic carbocycles. The summed E-state index contributed by atoms with van der Waals surface area (Å²) < 4.78 is 24.8. The van der Waals surface area contributed by atoms with Crippen LogP contribution in [0.5, 0.6) is 0 Å². The first-order chi connectivity index (χ1) is 13.1. The van der Waals surface area contributed by atoms with Crippen LogP contribution in [0.3, 0.4) is 0 Å². The molecule has 1 heterocycles. The largest absolute Gasteiger partial charge is 0.444 e. The van der Waals surface area contributed by atoms with E-state index in [1.54, 1.807) is 26.8 Å². The molecule has 0 aromatic heterocycles. The molecule has 7 nitrogen and oxygen atoms in total. The lowest BCUT2D eigenvalue weighted by atomic mass is 10.1. The van der Waals surface area contributed by atoms with E-state index in [9.17, 15) is 18.8 Å². The Morgan fingerprint density at radius 2 is 2.11 bits per heavy atom. The van der Waals surface area contributed by atoms with Gasteiger partial charge < -0.3 is 19.6 Å². The zero-order chi connectivity index (χ0) is 20.9. The molecule has 1 aliphatic heterocycles. The van der Waals surface area contributed by atoms with Gasteiger partial charge in [-0.1, -0.05) is 23.7 Å². The number of halogens is 2. The van der Waals surface area contributed by atoms with Crippen molar-refractivity contribution in [3.8, 4) is 0 Å². The van der Waals surface area contributed by atoms with Crippen LogP contribution in [-0.4, -0.2) is 54.1 Å². The van der Waals surface area contributed by atoms with E-state index in [0.717, 1.165) is 0 Å². The average Bonchev–Trinajstić information content (AvgIpc) is 3.03. The van der Waals surface area contributed by atoms with Crippen molar-refractivity contribution in [1.29, 1.82) is 0 Å². The molecule has 9 heteroatoms. The molecule has 0 spiro atoms. The normalized spacial score (nSPS) is 19.4. The van der Waals surface area contributed by atoms with Crippen molar-refractivity contribution in [3.63, 3.8) is 0 Å². The Morgan fingerprint density at radius 1 is 1.39 bits per heavy atom. The van der Waals surface area contributed by atoms with Gasteiger partial charge in [0.15, 0.2) is 0 Å². The van der Waals surface area contributed by atoms with Gasteiger partial charge in [0.25, 0.3) is 0 Å². The molecule has 0 saturated carbocycles. The predicted molar refractivity (Wildman–Crippen MR) is 100 cm³/mol. The van der Waals surface area contributed by atoms with Crippen molar-refractivity contribution in [2.24, 2.45) is 0 Å². The summed E-state index contributed by atoms with van der Waals surface area (Å²) in [5.41, 5.74) is -0.517. The number of amides is 2. The van der Waals surface area contributed by atoms with Crippen LogP contribution in [-0.2, 0) is 25.6 Å². The highest BCUT2D eigenvalue weighted by Crippen LogP contribution is 2.24. The molecule has 1 N–H and O–H groups in total. The smallest absolute Gasteiger partial charge is 0.411 e. The first kappa shape index (κ1) is 22.1. The number of benzene rings is 1. The Labute approximate surface area is 168 Å². The van der Waals surface area contributed by atoms with Gasteiger partial charge >= 0.3 is 6.09 Å². The number of carbonyl (C=O) groups excluding carboxylic acids is 3. The first-order valence-corrected chi connectivity index (χ1v) is 9.27. The number of hydrogen-bond acceptors (Lipinski definition) is 5. The number of carbonyl (C=O) groups is 3. The number of aldehydes is 1. The minimum Gasteiger partial charge on any atom is -0.444 e. The van der Waals surface area contributed by atoms with Crippen LogP contribution in [0.1, 0.15) is 32.8 Å². The summed E-state index contributed by atoms with van der Waals surface area (Å²) in [6, 6.07) is 3.50. The zero-order valence-electron chi connectivity index (χ0n) is 16.0. The van der Waals surface area contributed by atoms with Crippen LogP contribution in [0.4, 0.5) is 9.18 Å². The topological polar surface area (TPSA) is 84.9 Å². The fraction of sp³-hybridized carbons (Fsp3) is 0.526. The maximum Gasteiger partial charge on any atom is 0.411 e. The third-order valence-electron chi connectivity index (χ3n) is 4.10. The molecule has 2 amide bonds. The summed E-state index contributed by atoms with van der Waals surface area (Å²) in [6.07, 6.45) is -0.371. The van der Waals surface area contributed by atoms with E-state index in [4.69, 9.17) is 21.1 Å². The third kappa shape index (κ3) is 5.65. The third-order valence-corrected chi connectivity index (χ3v) is 4.39. The summed E-state index contributed by atoms with van der Waals surface area (Å²) in [4.78, 5) is 37.2. The van der Waals surface area contributed by atoms with E-state index in [-0.39, 0.29) is 30.3 Å². The lowest BCUT2D eigenvalue weighted by Gasteiger charge is -2.29. The minimum atomic E-state index is -0.989. The fourth-order valence-electron chi connectivity index (χ4n) is 2.91. The maximum absolute atomic E-state index is 14.0. The lowest BCUT2D eigenvalue weighted by molar-refractivity contribution is -0.131. The van der Waals surface area contributed by atoms with Gasteiger partial charge in [-0.05, 0) is 33.3 Å². The molecule has 2 atom stereocenters. The standard InChI is InChI=1S/C19H24ClFN2O5/c1-19(2,3)28-18(26)23-8-7-14(27-10-9-24)16(23)17(25)22-11-12-5-4-6-13(20)15(12)21/h4-6,9,14,16H,7-8,10-11H2,1-3H3,(H,22,25)/t14-,16+/m1/s1. The summed E-state index contributed by atoms with van der Waals surface area (Å²) in [5, 5.41) is 2.56. The van der Waals surface area contributed by atoms with Crippen LogP contribution in [0.15, 0.2) is 18.2 Å². The Balaban J connectivity index is 2.13. The second-order valence-electron chi connectivity index (χ2n) is 7.38. The average molecular weight is 415 g/mol. The zero-order valence-corrected chi connectivity index (χ0v) is 16.8. The molecular formula is C19H24ClFN2O5. The van der Waals surface area contributed by atoms with Crippen LogP contribution in [0, 0.1) is 5.82 Å². The van der Waals surface area contributed by atoms with E-state index in [1.165, 1.54) is 17.0 Å². The minimum absolute atomic E-state index is 0.0461. The number of rotatable bonds is 6. The Bertz CT molecular complexity index is 738. The van der Waals surface area contributed by atoms with Crippen molar-refractivity contribution in [1.82, 2.24) is 10.2 Å². The second-order valence-corrected chi connectivity index (χ2v) is 7.78. The quantitative estimate of drug-likeness (QED) is 0.723. The van der Waals surface area contributed by atoms with Gasteiger partial charge in [0, 0.05) is 18.7 Å². The Morgan fingerprint density at radius 3 is 2.75 bits per heavy atom. The molecule has 28 heavy (non-hydrogen) atoms. The predicted octanol–water partition coefficient (Wildman–Crippen LogP) is 2.69. The van der Waals surface area contributed by atoms with Crippen molar-refractivity contribution >= 4 is 29.9 Å². The van der Waals surface area contributed by atoms with Gasteiger partial charge in [-0.25, -0.2) is 9.18 Å². The number of nitrogens with zero attached hydrogens (tertiary/aromatic N) is 1. The van der Waals surface area contributed by atoms with Crippen LogP contribution >= 0.6 is 11.6 Å². The Hall–Kier alpha value is -2.19. The monoisotopic (exact) mass is 414 g/mol. The van der Waals surface area contributed by atoms with E-state index in [2.05, 4.69) is 5.32 Å². The molecule has 1 aliphatic rings. The summed E-state index contributed by atoms with van der Waals surface area (Å²) in [5.74, 6) is -1.15. The molecule has 1 fully saturated rings. The molecule has 1 aromatic carbocycles. The molecular weight excluding hydrogens is 391 g/mol. The van der Waals surface area contributed by atoms with Gasteiger partial charge in [-0.15, -0.1) is 0 Å². The summed E-state index contributed by atoms with van der Waals surface area (Å²) in [6.45, 7) is 5.10. The van der Waals surface area contributed by atoms with Crippen molar-refractivity contribution in [3.05, 3.63) is 34.6 Å². The highest BCUT2D eigenvalue weighted by atomic mass is 35.5. The molecule has 0 radical (unpaired) electrons. The molecule has 2 rings (SSSR count). The van der Waals surface area contributed by atoms with Gasteiger partial charge in [0.1, 0.15) is 30.4 Å². The van der Waals surface area contributed by atoms with Crippen molar-refractivity contribution < 1.29 is 28.2 Å². The van der Waals surface area contributed by atoms with Crippen molar-refractivity contribution in [2.75, 3.05) is 13.2 Å². The van der Waals surface area contributed by atoms with Crippen LogP contribution in [0.25, 0.3) is 0 Å². The van der Waals surface area contributed by atoms with E-state index in [0.29, 0.717) is 12.7 Å².